The van der Waals surface area contributed by atoms with E-state index >= 15 is 0 Å². The molecule has 0 heterocycles. The van der Waals surface area contributed by atoms with Gasteiger partial charge in [-0.1, -0.05) is 42.5 Å². The van der Waals surface area contributed by atoms with Crippen molar-refractivity contribution in [3.8, 4) is 0 Å². The van der Waals surface area contributed by atoms with Gasteiger partial charge in [0, 0.05) is 22.3 Å². The Morgan fingerprint density at radius 3 is 2.23 bits per heavy atom. The van der Waals surface area contributed by atoms with E-state index in [-0.39, 0.29) is 24.6 Å². The van der Waals surface area contributed by atoms with Crippen LogP contribution in [0.3, 0.4) is 0 Å². The minimum absolute atomic E-state index is 0.0157. The van der Waals surface area contributed by atoms with Gasteiger partial charge in [0.25, 0.3) is 0 Å². The lowest BCUT2D eigenvalue weighted by molar-refractivity contribution is -0.142. The molecule has 0 atom stereocenters. The van der Waals surface area contributed by atoms with Gasteiger partial charge in [-0.3, -0.25) is 14.4 Å². The van der Waals surface area contributed by atoms with Crippen LogP contribution >= 0.6 is 0 Å². The lowest BCUT2D eigenvalue weighted by atomic mass is 9.81. The Hall–Kier alpha value is -2.75. The van der Waals surface area contributed by atoms with Crippen molar-refractivity contribution >= 4 is 17.5 Å². The molecule has 0 spiro atoms. The van der Waals surface area contributed by atoms with Crippen LogP contribution in [-0.2, 0) is 16.0 Å². The average Bonchev–Trinajstić information content (AvgIpc) is 2.53. The zero-order chi connectivity index (χ0) is 15.7. The molecule has 0 unspecified atom stereocenters. The molecule has 1 aliphatic carbocycles. The summed E-state index contributed by atoms with van der Waals surface area (Å²) < 4.78 is 4.93. The van der Waals surface area contributed by atoms with E-state index in [1.807, 2.05) is 0 Å². The topological polar surface area (TPSA) is 60.4 Å². The Bertz CT molecular complexity index is 789. The van der Waals surface area contributed by atoms with Crippen LogP contribution in [0, 0.1) is 0 Å². The number of rotatable bonds is 3. The van der Waals surface area contributed by atoms with Crippen LogP contribution in [0.15, 0.2) is 42.5 Å². The summed E-state index contributed by atoms with van der Waals surface area (Å²) in [6.07, 6.45) is -0.0157. The van der Waals surface area contributed by atoms with Crippen LogP contribution in [0.25, 0.3) is 0 Å². The predicted octanol–water partition coefficient (Wildman–Crippen LogP) is 2.57. The summed E-state index contributed by atoms with van der Waals surface area (Å²) in [5, 5.41) is 0. The highest BCUT2D eigenvalue weighted by Crippen LogP contribution is 2.29. The number of fused-ring (bicyclic) bond motifs is 2. The Kier molecular flexibility index (Phi) is 3.59. The molecule has 0 saturated heterocycles. The highest BCUT2D eigenvalue weighted by molar-refractivity contribution is 6.29. The lowest BCUT2D eigenvalue weighted by Crippen LogP contribution is -2.23. The normalized spacial score (nSPS) is 12.6. The first-order valence-electron chi connectivity index (χ1n) is 7.09. The van der Waals surface area contributed by atoms with Crippen molar-refractivity contribution in [3.05, 3.63) is 70.3 Å². The molecule has 0 bridgehead atoms. The molecule has 0 aromatic heterocycles. The minimum Gasteiger partial charge on any atom is -0.466 e. The molecule has 0 amide bonds. The van der Waals surface area contributed by atoms with Crippen molar-refractivity contribution in [3.63, 3.8) is 0 Å². The number of carbonyl (C=O) groups is 3. The zero-order valence-electron chi connectivity index (χ0n) is 12.1. The van der Waals surface area contributed by atoms with Crippen molar-refractivity contribution < 1.29 is 19.1 Å². The number of hydrogen-bond donors (Lipinski definition) is 0. The van der Waals surface area contributed by atoms with Gasteiger partial charge in [-0.15, -0.1) is 0 Å². The molecular weight excluding hydrogens is 280 g/mol. The number of hydrogen-bond acceptors (Lipinski definition) is 4. The second-order valence-corrected chi connectivity index (χ2v) is 5.03. The third-order valence-corrected chi connectivity index (χ3v) is 3.68. The fourth-order valence-corrected chi connectivity index (χ4v) is 2.73. The second kappa shape index (κ2) is 5.56. The second-order valence-electron chi connectivity index (χ2n) is 5.03. The van der Waals surface area contributed by atoms with Crippen LogP contribution in [0.2, 0.25) is 0 Å². The van der Waals surface area contributed by atoms with E-state index in [0.29, 0.717) is 27.8 Å². The number of benzene rings is 2. The molecule has 22 heavy (non-hydrogen) atoms. The summed E-state index contributed by atoms with van der Waals surface area (Å²) in [6.45, 7) is 2.01. The van der Waals surface area contributed by atoms with Crippen LogP contribution in [0.4, 0.5) is 0 Å². The first-order valence-corrected chi connectivity index (χ1v) is 7.09. The molecular formula is C18H14O4. The molecule has 0 aliphatic heterocycles. The van der Waals surface area contributed by atoms with Gasteiger partial charge in [0.2, 0.25) is 0 Å². The zero-order valence-corrected chi connectivity index (χ0v) is 12.1. The Morgan fingerprint density at radius 1 is 0.909 bits per heavy atom. The lowest BCUT2D eigenvalue weighted by Gasteiger charge is -2.19. The van der Waals surface area contributed by atoms with Gasteiger partial charge in [0.15, 0.2) is 11.6 Å². The van der Waals surface area contributed by atoms with Gasteiger partial charge in [0.05, 0.1) is 13.0 Å². The Labute approximate surface area is 127 Å². The minimum atomic E-state index is -0.407. The predicted molar refractivity (Wildman–Crippen MR) is 80.1 cm³/mol. The molecule has 110 valence electrons. The van der Waals surface area contributed by atoms with Crippen LogP contribution in [0.1, 0.15) is 44.3 Å². The third-order valence-electron chi connectivity index (χ3n) is 3.68. The van der Waals surface area contributed by atoms with E-state index in [2.05, 4.69) is 0 Å². The van der Waals surface area contributed by atoms with Crippen molar-refractivity contribution in [2.24, 2.45) is 0 Å². The first-order chi connectivity index (χ1) is 10.6. The molecule has 2 aromatic carbocycles. The maximum atomic E-state index is 12.7. The van der Waals surface area contributed by atoms with Crippen LogP contribution < -0.4 is 0 Å². The maximum absolute atomic E-state index is 12.7. The molecule has 2 aromatic rings. The molecule has 0 radical (unpaired) electrons. The van der Waals surface area contributed by atoms with E-state index in [4.69, 9.17) is 4.74 Å². The highest BCUT2D eigenvalue weighted by Gasteiger charge is 2.31. The SMILES string of the molecule is CCOC(=O)Cc1cccc2c1C(=O)c1ccccc1C2=O. The molecule has 3 rings (SSSR count). The Morgan fingerprint density at radius 2 is 1.55 bits per heavy atom. The number of ether oxygens (including phenoxy) is 1. The monoisotopic (exact) mass is 294 g/mol. The van der Waals surface area contributed by atoms with Crippen molar-refractivity contribution in [2.45, 2.75) is 13.3 Å². The maximum Gasteiger partial charge on any atom is 0.310 e. The highest BCUT2D eigenvalue weighted by atomic mass is 16.5. The van der Waals surface area contributed by atoms with Gasteiger partial charge in [-0.05, 0) is 12.5 Å². The van der Waals surface area contributed by atoms with Gasteiger partial charge in [0.1, 0.15) is 0 Å². The molecule has 0 fully saturated rings. The summed E-state index contributed by atoms with van der Waals surface area (Å²) in [5.74, 6) is -0.809. The average molecular weight is 294 g/mol. The van der Waals surface area contributed by atoms with E-state index in [9.17, 15) is 14.4 Å². The Balaban J connectivity index is 2.11. The van der Waals surface area contributed by atoms with Crippen molar-refractivity contribution in [2.75, 3.05) is 6.61 Å². The summed E-state index contributed by atoms with van der Waals surface area (Å²) in [5.41, 5.74) is 2.00. The summed E-state index contributed by atoms with van der Waals surface area (Å²) in [6, 6.07) is 11.7. The largest absolute Gasteiger partial charge is 0.466 e. The van der Waals surface area contributed by atoms with Gasteiger partial charge < -0.3 is 4.74 Å². The first kappa shape index (κ1) is 14.2. The van der Waals surface area contributed by atoms with Gasteiger partial charge in [-0.25, -0.2) is 0 Å². The quantitative estimate of drug-likeness (QED) is 0.697. The molecule has 1 aliphatic rings. The van der Waals surface area contributed by atoms with Gasteiger partial charge >= 0.3 is 5.97 Å². The summed E-state index contributed by atoms with van der Waals surface area (Å²) in [7, 11) is 0. The number of carbonyl (C=O) groups excluding carboxylic acids is 3. The third kappa shape index (κ3) is 2.22. The van der Waals surface area contributed by atoms with E-state index in [1.165, 1.54) is 0 Å². The summed E-state index contributed by atoms with van der Waals surface area (Å²) in [4.78, 5) is 37.0. The van der Waals surface area contributed by atoms with E-state index in [0.717, 1.165) is 0 Å². The molecule has 4 heteroatoms. The molecule has 0 saturated carbocycles. The number of ketones is 2. The van der Waals surface area contributed by atoms with Gasteiger partial charge in [-0.2, -0.15) is 0 Å². The summed E-state index contributed by atoms with van der Waals surface area (Å²) >= 11 is 0. The van der Waals surface area contributed by atoms with Crippen molar-refractivity contribution in [1.29, 1.82) is 0 Å². The van der Waals surface area contributed by atoms with Crippen LogP contribution in [-0.4, -0.2) is 24.1 Å². The standard InChI is InChI=1S/C18H14O4/c1-2-22-15(19)10-11-6-5-9-14-16(11)18(21)13-8-4-3-7-12(13)17(14)20/h3-9H,2,10H2,1H3. The van der Waals surface area contributed by atoms with E-state index < -0.39 is 5.97 Å². The fourth-order valence-electron chi connectivity index (χ4n) is 2.73. The van der Waals surface area contributed by atoms with Crippen LogP contribution in [0.5, 0.6) is 0 Å². The van der Waals surface area contributed by atoms with E-state index in [1.54, 1.807) is 49.4 Å². The number of esters is 1. The smallest absolute Gasteiger partial charge is 0.310 e. The van der Waals surface area contributed by atoms with Crippen molar-refractivity contribution in [1.82, 2.24) is 0 Å². The molecule has 4 nitrogen and oxygen atoms in total. The fraction of sp³-hybridized carbons (Fsp3) is 0.167. The molecule has 0 N–H and O–H groups in total.